The van der Waals surface area contributed by atoms with E-state index in [1.807, 2.05) is 6.92 Å². The molecule has 37 heavy (non-hydrogen) atoms. The lowest BCUT2D eigenvalue weighted by Gasteiger charge is -2.62. The maximum absolute atomic E-state index is 14.0. The minimum Gasteiger partial charge on any atom is -0.466 e. The van der Waals surface area contributed by atoms with Crippen LogP contribution in [-0.2, 0) is 23.9 Å². The standard InChI is InChI=1S/C31H46O6/c1-16(15-36-18(3)32)11-23-25-13-24-22(8-7-20-12-21(34)9-10-30(20,24)5)26-14-27(37-19(4)33)28(31(25,26)6)17(2)29(23)35/h16-17,20-22,24,26-28,34H,7-15H2,1-6H3/t16-,17+,20+,21+,22-,24+,26+,27+,28+,30+,31+/m1/s1. The van der Waals surface area contributed by atoms with Crippen LogP contribution in [0, 0.1) is 52.3 Å². The molecule has 0 heterocycles. The molecule has 6 heteroatoms. The highest BCUT2D eigenvalue weighted by Crippen LogP contribution is 2.72. The van der Waals surface area contributed by atoms with Crippen molar-refractivity contribution in [1.29, 1.82) is 0 Å². The van der Waals surface area contributed by atoms with Gasteiger partial charge in [0.05, 0.1) is 12.7 Å². The summed E-state index contributed by atoms with van der Waals surface area (Å²) in [7, 11) is 0. The van der Waals surface area contributed by atoms with Gasteiger partial charge in [-0.25, -0.2) is 0 Å². The molecule has 0 bridgehead atoms. The second-order valence-corrected chi connectivity index (χ2v) is 13.7. The smallest absolute Gasteiger partial charge is 0.302 e. The molecule has 0 aliphatic heterocycles. The fourth-order valence-electron chi connectivity index (χ4n) is 10.1. The largest absolute Gasteiger partial charge is 0.466 e. The lowest BCUT2D eigenvalue weighted by Crippen LogP contribution is -2.57. The number of esters is 2. The van der Waals surface area contributed by atoms with Crippen LogP contribution < -0.4 is 0 Å². The van der Waals surface area contributed by atoms with Crippen LogP contribution in [0.25, 0.3) is 0 Å². The fourth-order valence-corrected chi connectivity index (χ4v) is 10.1. The quantitative estimate of drug-likeness (QED) is 0.503. The zero-order valence-electron chi connectivity index (χ0n) is 23.5. The first-order chi connectivity index (χ1) is 17.4. The van der Waals surface area contributed by atoms with Crippen molar-refractivity contribution in [3.8, 4) is 0 Å². The number of rotatable bonds is 5. The molecule has 0 aromatic heterocycles. The molecule has 0 saturated heterocycles. The minimum absolute atomic E-state index is 0.0103. The van der Waals surface area contributed by atoms with Gasteiger partial charge in [-0.2, -0.15) is 0 Å². The number of aliphatic hydroxyl groups is 1. The van der Waals surface area contributed by atoms with E-state index < -0.39 is 0 Å². The molecule has 5 aliphatic rings. The van der Waals surface area contributed by atoms with Crippen LogP contribution in [0.5, 0.6) is 0 Å². The molecule has 0 amide bonds. The van der Waals surface area contributed by atoms with Gasteiger partial charge in [0.1, 0.15) is 6.10 Å². The molecule has 0 aromatic rings. The SMILES string of the molecule is CC(=O)OC[C@H](C)CC1=C2C[C@H]3[C@@H](CC[C@H]4C[C@@H](O)CC[C@@]43C)[C@@H]3C[C@H](OC(C)=O)[C@H]([C@H](C)C1=O)[C@@]23C. The van der Waals surface area contributed by atoms with Gasteiger partial charge in [0, 0.05) is 25.7 Å². The Hall–Kier alpha value is -1.69. The lowest BCUT2D eigenvalue weighted by molar-refractivity contribution is -0.152. The maximum Gasteiger partial charge on any atom is 0.302 e. The number of ether oxygens (including phenoxy) is 2. The Morgan fingerprint density at radius 2 is 1.81 bits per heavy atom. The predicted molar refractivity (Wildman–Crippen MR) is 139 cm³/mol. The van der Waals surface area contributed by atoms with E-state index in [9.17, 15) is 19.5 Å². The summed E-state index contributed by atoms with van der Waals surface area (Å²) in [4.78, 5) is 37.6. The van der Waals surface area contributed by atoms with Crippen molar-refractivity contribution >= 4 is 17.7 Å². The number of carbonyl (C=O) groups excluding carboxylic acids is 3. The second kappa shape index (κ2) is 9.50. The first-order valence-electron chi connectivity index (χ1n) is 14.6. The lowest BCUT2D eigenvalue weighted by atomic mass is 9.42. The molecular weight excluding hydrogens is 468 g/mol. The normalized spacial score (nSPS) is 45.4. The average molecular weight is 515 g/mol. The molecular formula is C31H46O6. The third kappa shape index (κ3) is 4.20. The highest BCUT2D eigenvalue weighted by atomic mass is 16.5. The average Bonchev–Trinajstić information content (AvgIpc) is 3.11. The number of carbonyl (C=O) groups is 3. The van der Waals surface area contributed by atoms with Gasteiger partial charge >= 0.3 is 11.9 Å². The highest BCUT2D eigenvalue weighted by molar-refractivity contribution is 5.99. The molecule has 0 unspecified atom stereocenters. The van der Waals surface area contributed by atoms with Gasteiger partial charge in [-0.3, -0.25) is 14.4 Å². The van der Waals surface area contributed by atoms with E-state index in [4.69, 9.17) is 9.47 Å². The van der Waals surface area contributed by atoms with Crippen molar-refractivity contribution in [2.24, 2.45) is 52.3 Å². The van der Waals surface area contributed by atoms with Crippen LogP contribution >= 0.6 is 0 Å². The molecule has 11 atom stereocenters. The molecule has 4 fully saturated rings. The molecule has 1 N–H and O–H groups in total. The Labute approximate surface area is 221 Å². The Balaban J connectivity index is 1.59. The molecule has 0 aromatic carbocycles. The predicted octanol–water partition coefficient (Wildman–Crippen LogP) is 5.26. The summed E-state index contributed by atoms with van der Waals surface area (Å²) in [6, 6.07) is 0. The van der Waals surface area contributed by atoms with Crippen LogP contribution in [-0.4, -0.2) is 41.6 Å². The monoisotopic (exact) mass is 514 g/mol. The van der Waals surface area contributed by atoms with Crippen LogP contribution in [0.4, 0.5) is 0 Å². The summed E-state index contributed by atoms with van der Waals surface area (Å²) >= 11 is 0. The molecule has 0 radical (unpaired) electrons. The van der Waals surface area contributed by atoms with Gasteiger partial charge in [-0.15, -0.1) is 0 Å². The first-order valence-corrected chi connectivity index (χ1v) is 14.6. The third-order valence-corrected chi connectivity index (χ3v) is 11.7. The maximum atomic E-state index is 14.0. The summed E-state index contributed by atoms with van der Waals surface area (Å²) in [5.74, 6) is 1.44. The molecule has 5 rings (SSSR count). The summed E-state index contributed by atoms with van der Waals surface area (Å²) in [5.41, 5.74) is 2.26. The van der Waals surface area contributed by atoms with Gasteiger partial charge < -0.3 is 14.6 Å². The Morgan fingerprint density at radius 3 is 2.49 bits per heavy atom. The van der Waals surface area contributed by atoms with Crippen LogP contribution in [0.15, 0.2) is 11.1 Å². The number of hydrogen-bond acceptors (Lipinski definition) is 6. The molecule has 4 saturated carbocycles. The van der Waals surface area contributed by atoms with Crippen LogP contribution in [0.2, 0.25) is 0 Å². The molecule has 5 aliphatic carbocycles. The van der Waals surface area contributed by atoms with Crippen molar-refractivity contribution < 1.29 is 29.0 Å². The minimum atomic E-state index is -0.291. The number of ketones is 1. The number of fused-ring (bicyclic) bond motifs is 4. The third-order valence-electron chi connectivity index (χ3n) is 11.7. The summed E-state index contributed by atoms with van der Waals surface area (Å²) < 4.78 is 11.3. The number of allylic oxidation sites excluding steroid dienone is 2. The van der Waals surface area contributed by atoms with Crippen molar-refractivity contribution in [1.82, 2.24) is 0 Å². The van der Waals surface area contributed by atoms with E-state index >= 15 is 0 Å². The Morgan fingerprint density at radius 1 is 1.08 bits per heavy atom. The topological polar surface area (TPSA) is 89.9 Å². The summed E-state index contributed by atoms with van der Waals surface area (Å²) in [6.07, 6.45) is 7.07. The van der Waals surface area contributed by atoms with E-state index in [0.717, 1.165) is 50.5 Å². The Kier molecular flexibility index (Phi) is 6.90. The fraction of sp³-hybridized carbons (Fsp3) is 0.839. The first kappa shape index (κ1) is 26.9. The van der Waals surface area contributed by atoms with E-state index in [1.54, 1.807) is 0 Å². The van der Waals surface area contributed by atoms with E-state index in [2.05, 4.69) is 20.8 Å². The number of hydrogen-bond donors (Lipinski definition) is 1. The van der Waals surface area contributed by atoms with Gasteiger partial charge in [0.25, 0.3) is 0 Å². The van der Waals surface area contributed by atoms with E-state index in [-0.39, 0.29) is 58.5 Å². The van der Waals surface area contributed by atoms with Crippen molar-refractivity contribution in [2.75, 3.05) is 6.61 Å². The molecule has 0 spiro atoms. The zero-order chi connectivity index (χ0) is 26.9. The number of aliphatic hydroxyl groups excluding tert-OH is 1. The Bertz CT molecular complexity index is 1000. The van der Waals surface area contributed by atoms with Gasteiger partial charge in [0.2, 0.25) is 0 Å². The summed E-state index contributed by atoms with van der Waals surface area (Å²) in [6.45, 7) is 12.2. The summed E-state index contributed by atoms with van der Waals surface area (Å²) in [5, 5.41) is 10.5. The molecule has 6 nitrogen and oxygen atoms in total. The van der Waals surface area contributed by atoms with Crippen LogP contribution in [0.1, 0.15) is 92.9 Å². The van der Waals surface area contributed by atoms with Gasteiger partial charge in [-0.05, 0) is 97.4 Å². The van der Waals surface area contributed by atoms with Crippen molar-refractivity contribution in [2.45, 2.75) is 105 Å². The van der Waals surface area contributed by atoms with Crippen LogP contribution in [0.3, 0.4) is 0 Å². The van der Waals surface area contributed by atoms with Gasteiger partial charge in [-0.1, -0.05) is 33.3 Å². The second-order valence-electron chi connectivity index (χ2n) is 13.7. The highest BCUT2D eigenvalue weighted by Gasteiger charge is 2.68. The van der Waals surface area contributed by atoms with Crippen molar-refractivity contribution in [3.05, 3.63) is 11.1 Å². The van der Waals surface area contributed by atoms with E-state index in [0.29, 0.717) is 36.7 Å². The zero-order valence-corrected chi connectivity index (χ0v) is 23.5. The van der Waals surface area contributed by atoms with E-state index in [1.165, 1.54) is 19.4 Å². The van der Waals surface area contributed by atoms with Crippen molar-refractivity contribution in [3.63, 3.8) is 0 Å². The van der Waals surface area contributed by atoms with Gasteiger partial charge in [0.15, 0.2) is 5.78 Å². The molecule has 206 valence electrons. The number of Topliss-reactive ketones (excluding diaryl/α,β-unsaturated/α-hetero) is 1.